The van der Waals surface area contributed by atoms with Crippen molar-refractivity contribution in [2.24, 2.45) is 0 Å². The Bertz CT molecular complexity index is 1240. The van der Waals surface area contributed by atoms with Gasteiger partial charge in [0, 0.05) is 18.1 Å². The maximum Gasteiger partial charge on any atom is 0.240 e. The third kappa shape index (κ3) is 3.67. The van der Waals surface area contributed by atoms with Gasteiger partial charge < -0.3 is 0 Å². The van der Waals surface area contributed by atoms with Gasteiger partial charge in [-0.1, -0.05) is 54.6 Å². The fourth-order valence-corrected chi connectivity index (χ4v) is 4.31. The largest absolute Gasteiger partial charge is 0.256 e. The molecular weight excluding hydrogens is 368 g/mol. The summed E-state index contributed by atoms with van der Waals surface area (Å²) in [5.41, 5.74) is 5.21. The van der Waals surface area contributed by atoms with Crippen LogP contribution in [0, 0.1) is 6.92 Å². The summed E-state index contributed by atoms with van der Waals surface area (Å²) >= 11 is 0. The highest BCUT2D eigenvalue weighted by Crippen LogP contribution is 2.30. The van der Waals surface area contributed by atoms with Gasteiger partial charge in [0.1, 0.15) is 0 Å². The molecule has 1 aromatic heterocycles. The Balaban J connectivity index is 1.64. The number of nitrogens with one attached hydrogen (secondary N) is 1. The van der Waals surface area contributed by atoms with Gasteiger partial charge in [0.2, 0.25) is 10.0 Å². The number of benzene rings is 3. The molecule has 140 valence electrons. The Hall–Kier alpha value is -3.02. The van der Waals surface area contributed by atoms with Crippen LogP contribution in [-0.4, -0.2) is 13.4 Å². The molecule has 0 unspecified atom stereocenters. The van der Waals surface area contributed by atoms with E-state index in [4.69, 9.17) is 0 Å². The van der Waals surface area contributed by atoms with Crippen LogP contribution in [0.3, 0.4) is 0 Å². The first kappa shape index (κ1) is 18.3. The summed E-state index contributed by atoms with van der Waals surface area (Å²) in [6.07, 6.45) is 1.79. The van der Waals surface area contributed by atoms with E-state index in [9.17, 15) is 8.42 Å². The fourth-order valence-electron chi connectivity index (χ4n) is 3.27. The lowest BCUT2D eigenvalue weighted by atomic mass is 9.97. The normalized spacial score (nSPS) is 11.6. The van der Waals surface area contributed by atoms with Crippen LogP contribution in [0.1, 0.15) is 11.1 Å². The summed E-state index contributed by atoms with van der Waals surface area (Å²) in [5.74, 6) is 0. The first-order valence-corrected chi connectivity index (χ1v) is 10.5. The highest BCUT2D eigenvalue weighted by Gasteiger charge is 2.13. The summed E-state index contributed by atoms with van der Waals surface area (Å²) < 4.78 is 27.5. The van der Waals surface area contributed by atoms with Crippen molar-refractivity contribution in [2.45, 2.75) is 18.4 Å². The number of rotatable bonds is 5. The van der Waals surface area contributed by atoms with Crippen LogP contribution >= 0.6 is 0 Å². The van der Waals surface area contributed by atoms with Crippen molar-refractivity contribution in [3.05, 3.63) is 96.2 Å². The zero-order valence-corrected chi connectivity index (χ0v) is 16.3. The topological polar surface area (TPSA) is 59.1 Å². The Kier molecular flexibility index (Phi) is 4.94. The molecule has 0 atom stereocenters. The van der Waals surface area contributed by atoms with Gasteiger partial charge >= 0.3 is 0 Å². The number of aryl methyl sites for hydroxylation is 1. The first-order chi connectivity index (χ1) is 13.5. The van der Waals surface area contributed by atoms with E-state index in [1.54, 1.807) is 36.5 Å². The third-order valence-corrected chi connectivity index (χ3v) is 6.18. The summed E-state index contributed by atoms with van der Waals surface area (Å²) in [7, 11) is -3.54. The van der Waals surface area contributed by atoms with Crippen molar-refractivity contribution in [1.82, 2.24) is 9.71 Å². The standard InChI is InChI=1S/C23H20N2O2S/c1-17-7-5-6-10-20(17)21-13-14-24-23-15-18(11-12-22(21)23)16-25-28(26,27)19-8-3-2-4-9-19/h2-15,25H,16H2,1H3. The minimum Gasteiger partial charge on any atom is -0.256 e. The maximum atomic E-state index is 12.4. The molecule has 0 aliphatic rings. The molecule has 1 heterocycles. The highest BCUT2D eigenvalue weighted by atomic mass is 32.2. The first-order valence-electron chi connectivity index (χ1n) is 9.03. The summed E-state index contributed by atoms with van der Waals surface area (Å²) in [5, 5.41) is 1.05. The van der Waals surface area contributed by atoms with Crippen LogP contribution in [0.5, 0.6) is 0 Å². The summed E-state index contributed by atoms with van der Waals surface area (Å²) in [6.45, 7) is 2.30. The Morgan fingerprint density at radius 3 is 2.39 bits per heavy atom. The summed E-state index contributed by atoms with van der Waals surface area (Å²) in [6, 6.07) is 24.5. The predicted molar refractivity (Wildman–Crippen MR) is 112 cm³/mol. The average molecular weight is 388 g/mol. The van der Waals surface area contributed by atoms with Crippen LogP contribution in [0.25, 0.3) is 22.0 Å². The van der Waals surface area contributed by atoms with Crippen LogP contribution < -0.4 is 4.72 Å². The van der Waals surface area contributed by atoms with E-state index in [2.05, 4.69) is 28.8 Å². The molecule has 0 saturated heterocycles. The van der Waals surface area contributed by atoms with Gasteiger partial charge in [-0.3, -0.25) is 4.98 Å². The van der Waals surface area contributed by atoms with Crippen molar-refractivity contribution < 1.29 is 8.42 Å². The second-order valence-corrected chi connectivity index (χ2v) is 8.43. The second kappa shape index (κ2) is 7.54. The van der Waals surface area contributed by atoms with Crippen molar-refractivity contribution >= 4 is 20.9 Å². The Morgan fingerprint density at radius 1 is 0.857 bits per heavy atom. The molecule has 0 aliphatic carbocycles. The van der Waals surface area contributed by atoms with E-state index in [0.717, 1.165) is 22.0 Å². The van der Waals surface area contributed by atoms with E-state index in [0.29, 0.717) is 0 Å². The molecule has 0 aliphatic heterocycles. The molecule has 0 spiro atoms. The molecule has 4 nitrogen and oxygen atoms in total. The molecular formula is C23H20N2O2S. The molecule has 1 N–H and O–H groups in total. The maximum absolute atomic E-state index is 12.4. The molecule has 0 fully saturated rings. The zero-order chi connectivity index (χ0) is 19.6. The fraction of sp³-hybridized carbons (Fsp3) is 0.0870. The predicted octanol–water partition coefficient (Wildman–Crippen LogP) is 4.69. The Morgan fingerprint density at radius 2 is 1.61 bits per heavy atom. The number of pyridine rings is 1. The Labute approximate surface area is 164 Å². The molecule has 3 aromatic carbocycles. The van der Waals surface area contributed by atoms with Gasteiger partial charge in [-0.25, -0.2) is 13.1 Å². The van der Waals surface area contributed by atoms with Crippen molar-refractivity contribution in [2.75, 3.05) is 0 Å². The lowest BCUT2D eigenvalue weighted by Gasteiger charge is -2.11. The van der Waals surface area contributed by atoms with Crippen molar-refractivity contribution in [3.63, 3.8) is 0 Å². The molecule has 0 saturated carbocycles. The van der Waals surface area contributed by atoms with Gasteiger partial charge in [0.25, 0.3) is 0 Å². The SMILES string of the molecule is Cc1ccccc1-c1ccnc2cc(CNS(=O)(=O)c3ccccc3)ccc12. The van der Waals surface area contributed by atoms with E-state index in [1.807, 2.05) is 36.4 Å². The van der Waals surface area contributed by atoms with Gasteiger partial charge in [-0.05, 0) is 53.4 Å². The lowest BCUT2D eigenvalue weighted by Crippen LogP contribution is -2.23. The average Bonchev–Trinajstić information content (AvgIpc) is 2.73. The molecule has 28 heavy (non-hydrogen) atoms. The van der Waals surface area contributed by atoms with Crippen LogP contribution in [0.2, 0.25) is 0 Å². The van der Waals surface area contributed by atoms with E-state index >= 15 is 0 Å². The van der Waals surface area contributed by atoms with E-state index in [1.165, 1.54) is 11.1 Å². The molecule has 4 aromatic rings. The van der Waals surface area contributed by atoms with Crippen LogP contribution in [0.4, 0.5) is 0 Å². The number of nitrogens with zero attached hydrogens (tertiary/aromatic N) is 1. The quantitative estimate of drug-likeness (QED) is 0.540. The number of sulfonamides is 1. The molecule has 5 heteroatoms. The minimum absolute atomic E-state index is 0.212. The molecule has 0 radical (unpaired) electrons. The third-order valence-electron chi connectivity index (χ3n) is 4.76. The van der Waals surface area contributed by atoms with Crippen LogP contribution in [-0.2, 0) is 16.6 Å². The van der Waals surface area contributed by atoms with E-state index < -0.39 is 10.0 Å². The van der Waals surface area contributed by atoms with Gasteiger partial charge in [-0.15, -0.1) is 0 Å². The molecule has 0 amide bonds. The smallest absolute Gasteiger partial charge is 0.240 e. The molecule has 4 rings (SSSR count). The van der Waals surface area contributed by atoms with Crippen LogP contribution in [0.15, 0.2) is 90.0 Å². The monoisotopic (exact) mass is 388 g/mol. The molecule has 0 bridgehead atoms. The summed E-state index contributed by atoms with van der Waals surface area (Å²) in [4.78, 5) is 4.74. The second-order valence-electron chi connectivity index (χ2n) is 6.66. The lowest BCUT2D eigenvalue weighted by molar-refractivity contribution is 0.581. The zero-order valence-electron chi connectivity index (χ0n) is 15.5. The van der Waals surface area contributed by atoms with Gasteiger partial charge in [0.05, 0.1) is 10.4 Å². The number of aromatic nitrogens is 1. The van der Waals surface area contributed by atoms with Gasteiger partial charge in [0.15, 0.2) is 0 Å². The highest BCUT2D eigenvalue weighted by molar-refractivity contribution is 7.89. The minimum atomic E-state index is -3.54. The number of fused-ring (bicyclic) bond motifs is 1. The number of hydrogen-bond acceptors (Lipinski definition) is 3. The van der Waals surface area contributed by atoms with Gasteiger partial charge in [-0.2, -0.15) is 0 Å². The van der Waals surface area contributed by atoms with E-state index in [-0.39, 0.29) is 11.4 Å². The number of hydrogen-bond donors (Lipinski definition) is 1. The van der Waals surface area contributed by atoms with Crippen molar-refractivity contribution in [3.8, 4) is 11.1 Å². The van der Waals surface area contributed by atoms with Crippen molar-refractivity contribution in [1.29, 1.82) is 0 Å².